The molecule has 0 aromatic heterocycles. The zero-order valence-corrected chi connectivity index (χ0v) is 13.6. The quantitative estimate of drug-likeness (QED) is 0.836. The lowest BCUT2D eigenvalue weighted by molar-refractivity contribution is -0.176. The zero-order chi connectivity index (χ0) is 17.9. The maximum Gasteiger partial charge on any atom is 0.411 e. The Bertz CT molecular complexity index is 758. The predicted molar refractivity (Wildman–Crippen MR) is 87.0 cm³/mol. The minimum Gasteiger partial charge on any atom is -0.367 e. The summed E-state index contributed by atoms with van der Waals surface area (Å²) in [5, 5.41) is 0. The molecule has 1 amide bonds. The number of alkyl halides is 3. The van der Waals surface area contributed by atoms with E-state index in [-0.39, 0.29) is 12.5 Å². The molecule has 1 heterocycles. The summed E-state index contributed by atoms with van der Waals surface area (Å²) in [7, 11) is 0. The van der Waals surface area contributed by atoms with E-state index in [0.29, 0.717) is 24.2 Å². The largest absolute Gasteiger partial charge is 0.411 e. The lowest BCUT2D eigenvalue weighted by atomic mass is 9.99. The third kappa shape index (κ3) is 4.60. The summed E-state index contributed by atoms with van der Waals surface area (Å²) in [6.07, 6.45) is -3.55. The van der Waals surface area contributed by atoms with Crippen molar-refractivity contribution < 1.29 is 22.7 Å². The van der Waals surface area contributed by atoms with Crippen LogP contribution < -0.4 is 0 Å². The van der Waals surface area contributed by atoms with Gasteiger partial charge in [0.2, 0.25) is 0 Å². The summed E-state index contributed by atoms with van der Waals surface area (Å²) in [6, 6.07) is 14.6. The molecule has 0 unspecified atom stereocenters. The average molecular weight is 349 g/mol. The van der Waals surface area contributed by atoms with Crippen LogP contribution in [0.15, 0.2) is 48.5 Å². The molecule has 0 fully saturated rings. The van der Waals surface area contributed by atoms with Gasteiger partial charge in [0.25, 0.3) is 5.91 Å². The Morgan fingerprint density at radius 1 is 1.08 bits per heavy atom. The summed E-state index contributed by atoms with van der Waals surface area (Å²) >= 11 is 0. The molecule has 0 saturated carbocycles. The van der Waals surface area contributed by atoms with E-state index in [4.69, 9.17) is 0 Å². The van der Waals surface area contributed by atoms with E-state index >= 15 is 0 Å². The number of carbonyl (C=O) groups is 1. The summed E-state index contributed by atoms with van der Waals surface area (Å²) in [6.45, 7) is -0.300. The van der Waals surface area contributed by atoms with Gasteiger partial charge in [-0.3, -0.25) is 4.79 Å². The molecule has 0 spiro atoms. The maximum absolute atomic E-state index is 12.7. The van der Waals surface area contributed by atoms with Gasteiger partial charge in [0, 0.05) is 18.7 Å². The first kappa shape index (κ1) is 17.5. The van der Waals surface area contributed by atoms with E-state index in [1.54, 1.807) is 29.2 Å². The topological polar surface area (TPSA) is 29.5 Å². The van der Waals surface area contributed by atoms with Crippen LogP contribution >= 0.6 is 0 Å². The van der Waals surface area contributed by atoms with E-state index < -0.39 is 12.8 Å². The molecule has 3 nitrogen and oxygen atoms in total. The first-order valence-corrected chi connectivity index (χ1v) is 8.02. The molecule has 3 rings (SSSR count). The fourth-order valence-electron chi connectivity index (χ4n) is 2.93. The van der Waals surface area contributed by atoms with E-state index in [9.17, 15) is 18.0 Å². The van der Waals surface area contributed by atoms with E-state index in [1.165, 1.54) is 5.56 Å². The van der Waals surface area contributed by atoms with Crippen molar-refractivity contribution in [1.29, 1.82) is 0 Å². The van der Waals surface area contributed by atoms with Crippen LogP contribution in [0.4, 0.5) is 13.2 Å². The second-order valence-corrected chi connectivity index (χ2v) is 6.05. The van der Waals surface area contributed by atoms with Crippen LogP contribution in [0, 0.1) is 0 Å². The van der Waals surface area contributed by atoms with Crippen molar-refractivity contribution in [2.45, 2.75) is 25.7 Å². The van der Waals surface area contributed by atoms with Gasteiger partial charge in [-0.1, -0.05) is 36.4 Å². The Hall–Kier alpha value is -2.34. The minimum atomic E-state index is -4.35. The monoisotopic (exact) mass is 349 g/mol. The van der Waals surface area contributed by atoms with Crippen LogP contribution in [0.3, 0.4) is 0 Å². The van der Waals surface area contributed by atoms with Gasteiger partial charge in [-0.25, -0.2) is 0 Å². The molecule has 0 atom stereocenters. The first-order chi connectivity index (χ1) is 11.9. The third-order valence-corrected chi connectivity index (χ3v) is 4.13. The highest BCUT2D eigenvalue weighted by atomic mass is 19.4. The Kier molecular flexibility index (Phi) is 5.08. The number of amides is 1. The van der Waals surface area contributed by atoms with Crippen LogP contribution in [0.2, 0.25) is 0 Å². The van der Waals surface area contributed by atoms with Crippen molar-refractivity contribution in [1.82, 2.24) is 4.90 Å². The maximum atomic E-state index is 12.7. The normalized spacial score (nSPS) is 14.3. The number of hydrogen-bond acceptors (Lipinski definition) is 2. The molecule has 25 heavy (non-hydrogen) atoms. The standard InChI is InChI=1S/C19H18F3NO2/c20-19(21,22)13-25-12-14-4-3-7-16(10-14)18(24)23-9-8-15-5-1-2-6-17(15)11-23/h1-7,10H,8-9,11-13H2. The van der Waals surface area contributed by atoms with Crippen molar-refractivity contribution >= 4 is 5.91 Å². The number of nitrogens with zero attached hydrogens (tertiary/aromatic N) is 1. The molecule has 0 radical (unpaired) electrons. The van der Waals surface area contributed by atoms with Crippen LogP contribution in [0.25, 0.3) is 0 Å². The van der Waals surface area contributed by atoms with Crippen molar-refractivity contribution in [2.75, 3.05) is 13.2 Å². The van der Waals surface area contributed by atoms with Crippen LogP contribution in [-0.4, -0.2) is 30.1 Å². The van der Waals surface area contributed by atoms with Crippen molar-refractivity contribution in [3.05, 3.63) is 70.8 Å². The van der Waals surface area contributed by atoms with Gasteiger partial charge in [0.1, 0.15) is 6.61 Å². The Balaban J connectivity index is 1.66. The lowest BCUT2D eigenvalue weighted by Crippen LogP contribution is -2.35. The fraction of sp³-hybridized carbons (Fsp3) is 0.316. The van der Waals surface area contributed by atoms with Gasteiger partial charge in [-0.15, -0.1) is 0 Å². The van der Waals surface area contributed by atoms with Crippen LogP contribution in [0.5, 0.6) is 0 Å². The second-order valence-electron chi connectivity index (χ2n) is 6.05. The Labute approximate surface area is 144 Å². The van der Waals surface area contributed by atoms with Gasteiger partial charge in [-0.05, 0) is 35.2 Å². The van der Waals surface area contributed by atoms with Gasteiger partial charge in [0.05, 0.1) is 6.61 Å². The highest BCUT2D eigenvalue weighted by Gasteiger charge is 2.27. The SMILES string of the molecule is O=C(c1cccc(COCC(F)(F)F)c1)N1CCc2ccccc2C1. The molecule has 6 heteroatoms. The molecule has 1 aliphatic rings. The number of benzene rings is 2. The summed E-state index contributed by atoms with van der Waals surface area (Å²) in [5.74, 6) is -0.118. The molecule has 2 aromatic carbocycles. The number of halogens is 3. The number of ether oxygens (including phenoxy) is 1. The van der Waals surface area contributed by atoms with Crippen LogP contribution in [-0.2, 0) is 24.3 Å². The second kappa shape index (κ2) is 7.27. The smallest absolute Gasteiger partial charge is 0.367 e. The number of hydrogen-bond donors (Lipinski definition) is 0. The lowest BCUT2D eigenvalue weighted by Gasteiger charge is -2.29. The van der Waals surface area contributed by atoms with Gasteiger partial charge >= 0.3 is 6.18 Å². The van der Waals surface area contributed by atoms with Gasteiger partial charge in [-0.2, -0.15) is 13.2 Å². The van der Waals surface area contributed by atoms with Crippen molar-refractivity contribution in [3.63, 3.8) is 0 Å². The predicted octanol–water partition coefficient (Wildman–Crippen LogP) is 3.96. The average Bonchev–Trinajstić information content (AvgIpc) is 2.60. The van der Waals surface area contributed by atoms with Crippen molar-refractivity contribution in [3.8, 4) is 0 Å². The van der Waals surface area contributed by atoms with E-state index in [0.717, 1.165) is 12.0 Å². The molecule has 0 saturated heterocycles. The van der Waals surface area contributed by atoms with Gasteiger partial charge in [0.15, 0.2) is 0 Å². The van der Waals surface area contributed by atoms with Gasteiger partial charge < -0.3 is 9.64 Å². The summed E-state index contributed by atoms with van der Waals surface area (Å²) in [5.41, 5.74) is 3.40. The first-order valence-electron chi connectivity index (χ1n) is 8.02. The molecular weight excluding hydrogens is 331 g/mol. The zero-order valence-electron chi connectivity index (χ0n) is 13.6. The van der Waals surface area contributed by atoms with Crippen LogP contribution in [0.1, 0.15) is 27.0 Å². The third-order valence-electron chi connectivity index (χ3n) is 4.13. The summed E-state index contributed by atoms with van der Waals surface area (Å²) < 4.78 is 41.1. The van der Waals surface area contributed by atoms with E-state index in [1.807, 2.05) is 18.2 Å². The number of fused-ring (bicyclic) bond motifs is 1. The molecule has 132 valence electrons. The molecule has 0 N–H and O–H groups in total. The Morgan fingerprint density at radius 3 is 2.60 bits per heavy atom. The molecular formula is C19H18F3NO2. The summed E-state index contributed by atoms with van der Waals surface area (Å²) in [4.78, 5) is 14.5. The molecule has 2 aromatic rings. The fourth-order valence-corrected chi connectivity index (χ4v) is 2.93. The molecule has 0 aliphatic carbocycles. The molecule has 1 aliphatic heterocycles. The minimum absolute atomic E-state index is 0.118. The molecule has 0 bridgehead atoms. The number of carbonyl (C=O) groups excluding carboxylic acids is 1. The van der Waals surface area contributed by atoms with Crippen molar-refractivity contribution in [2.24, 2.45) is 0 Å². The highest BCUT2D eigenvalue weighted by molar-refractivity contribution is 5.94. The highest BCUT2D eigenvalue weighted by Crippen LogP contribution is 2.21. The Morgan fingerprint density at radius 2 is 1.84 bits per heavy atom. The number of rotatable bonds is 4. The van der Waals surface area contributed by atoms with E-state index in [2.05, 4.69) is 10.8 Å².